The minimum Gasteiger partial charge on any atom is -0.464 e. The van der Waals surface area contributed by atoms with Crippen LogP contribution in [0, 0.1) is 52.8 Å². The van der Waals surface area contributed by atoms with Crippen LogP contribution in [0.5, 0.6) is 0 Å². The minimum absolute atomic E-state index is 0.0128. The lowest BCUT2D eigenvalue weighted by Crippen LogP contribution is -2.32. The van der Waals surface area contributed by atoms with Crippen LogP contribution in [-0.2, 0) is 23.8 Å². The molecule has 0 N–H and O–H groups in total. The molecule has 0 aliphatic carbocycles. The van der Waals surface area contributed by atoms with Crippen molar-refractivity contribution in [2.24, 2.45) is 5.41 Å². The van der Waals surface area contributed by atoms with Crippen molar-refractivity contribution in [1.29, 1.82) is 10.5 Å². The van der Waals surface area contributed by atoms with E-state index in [1.165, 1.54) is 0 Å². The van der Waals surface area contributed by atoms with Crippen molar-refractivity contribution in [2.75, 3.05) is 31.2 Å². The summed E-state index contributed by atoms with van der Waals surface area (Å²) in [5, 5.41) is 18.7. The molecule has 0 saturated heterocycles. The topological polar surface area (TPSA) is 113 Å². The van der Waals surface area contributed by atoms with Crippen LogP contribution in [0.4, 0.5) is 5.69 Å². The van der Waals surface area contributed by atoms with Gasteiger partial charge in [0.2, 0.25) is 0 Å². The average molecular weight is 566 g/mol. The highest BCUT2D eigenvalue weighted by Gasteiger charge is 2.24. The molecule has 2 rings (SSSR count). The first-order chi connectivity index (χ1) is 20.1. The molecule has 0 atom stereocenters. The van der Waals surface area contributed by atoms with Gasteiger partial charge in [0.25, 0.3) is 0 Å². The Morgan fingerprint density at radius 2 is 1.45 bits per heavy atom. The number of ether oxygens (including phenoxy) is 3. The summed E-state index contributed by atoms with van der Waals surface area (Å²) in [6, 6.07) is 11.5. The second kappa shape index (κ2) is 16.8. The minimum atomic E-state index is -0.368. The Morgan fingerprint density at radius 1 is 0.905 bits per heavy atom. The number of carbonyl (C=O) groups excluding carboxylic acids is 2. The maximum Gasteiger partial charge on any atom is 0.306 e. The van der Waals surface area contributed by atoms with Crippen molar-refractivity contribution >= 4 is 23.7 Å². The molecule has 8 nitrogen and oxygen atoms in total. The summed E-state index contributed by atoms with van der Waals surface area (Å²) in [6.07, 6.45) is 18.4. The first kappa shape index (κ1) is 33.0. The largest absolute Gasteiger partial charge is 0.464 e. The molecule has 1 aromatic carbocycles. The number of nitriles is 2. The Morgan fingerprint density at radius 3 is 1.93 bits per heavy atom. The van der Waals surface area contributed by atoms with Crippen molar-refractivity contribution in [3.05, 3.63) is 70.7 Å². The van der Waals surface area contributed by atoms with Gasteiger partial charge in [-0.25, -0.2) is 0 Å². The molecule has 216 valence electrons. The summed E-state index contributed by atoms with van der Waals surface area (Å²) >= 11 is 0. The van der Waals surface area contributed by atoms with Crippen LogP contribution < -0.4 is 4.90 Å². The van der Waals surface area contributed by atoms with E-state index >= 15 is 0 Å². The summed E-state index contributed by atoms with van der Waals surface area (Å²) < 4.78 is 16.6. The Kier molecular flexibility index (Phi) is 13.2. The number of nitrogens with zero attached hydrogens (tertiary/aromatic N) is 3. The van der Waals surface area contributed by atoms with Crippen LogP contribution in [-0.4, -0.2) is 38.2 Å². The molecule has 42 heavy (non-hydrogen) atoms. The second-order valence-corrected chi connectivity index (χ2v) is 10.2. The number of terminal acetylenes is 2. The third-order valence-electron chi connectivity index (χ3n) is 5.96. The molecule has 0 amide bonds. The Bertz CT molecular complexity index is 1360. The standard InChI is InChI=1S/C34H35N3O5/c1-6-8-10-32(38)40-20-18-37(19-21-41-33(39)11-9-7-2)29-15-12-26(13-16-29)14-17-30-22-27(28(24-35)25-36)23-31(42-30)34(3,4)5/h1-2,12-17,22-23H,8-11,18-21H2,3-5H3/b17-14+. The van der Waals surface area contributed by atoms with Gasteiger partial charge < -0.3 is 19.1 Å². The van der Waals surface area contributed by atoms with Crippen molar-refractivity contribution in [3.8, 4) is 36.8 Å². The van der Waals surface area contributed by atoms with Gasteiger partial charge in [0.05, 0.1) is 25.9 Å². The van der Waals surface area contributed by atoms with E-state index in [4.69, 9.17) is 27.1 Å². The van der Waals surface area contributed by atoms with Gasteiger partial charge in [-0.15, -0.1) is 24.7 Å². The molecule has 0 radical (unpaired) electrons. The summed E-state index contributed by atoms with van der Waals surface area (Å²) in [7, 11) is 0. The van der Waals surface area contributed by atoms with Gasteiger partial charge in [-0.2, -0.15) is 10.5 Å². The van der Waals surface area contributed by atoms with Crippen LogP contribution >= 0.6 is 0 Å². The van der Waals surface area contributed by atoms with Crippen LogP contribution in [0.1, 0.15) is 52.0 Å². The first-order valence-corrected chi connectivity index (χ1v) is 13.5. The van der Waals surface area contributed by atoms with Gasteiger partial charge in [-0.1, -0.05) is 39.0 Å². The highest BCUT2D eigenvalue weighted by molar-refractivity contribution is 5.70. The number of benzene rings is 1. The van der Waals surface area contributed by atoms with E-state index < -0.39 is 0 Å². The zero-order valence-corrected chi connectivity index (χ0v) is 24.3. The Hall–Kier alpha value is -5.18. The molecule has 0 unspecified atom stereocenters. The summed E-state index contributed by atoms with van der Waals surface area (Å²) in [6.45, 7) is 7.03. The van der Waals surface area contributed by atoms with Crippen molar-refractivity contribution < 1.29 is 23.8 Å². The van der Waals surface area contributed by atoms with Gasteiger partial charge in [0.1, 0.15) is 42.4 Å². The van der Waals surface area contributed by atoms with E-state index in [1.54, 1.807) is 18.2 Å². The zero-order valence-electron chi connectivity index (χ0n) is 24.3. The fourth-order valence-electron chi connectivity index (χ4n) is 3.65. The van der Waals surface area contributed by atoms with Crippen molar-refractivity contribution in [1.82, 2.24) is 0 Å². The maximum atomic E-state index is 11.9. The predicted octanol–water partition coefficient (Wildman–Crippen LogP) is 5.61. The van der Waals surface area contributed by atoms with Crippen molar-refractivity contribution in [2.45, 2.75) is 46.5 Å². The van der Waals surface area contributed by atoms with E-state index in [-0.39, 0.29) is 49.0 Å². The lowest BCUT2D eigenvalue weighted by molar-refractivity contribution is -0.143. The second-order valence-electron chi connectivity index (χ2n) is 10.2. The van der Waals surface area contributed by atoms with Gasteiger partial charge in [-0.05, 0) is 35.9 Å². The molecule has 0 spiro atoms. The molecule has 1 heterocycles. The van der Waals surface area contributed by atoms with Gasteiger partial charge >= 0.3 is 11.9 Å². The molecule has 0 bridgehead atoms. The normalized spacial score (nSPS) is 12.4. The lowest BCUT2D eigenvalue weighted by Gasteiger charge is -2.26. The van der Waals surface area contributed by atoms with Gasteiger partial charge in [0.15, 0.2) is 0 Å². The quantitative estimate of drug-likeness (QED) is 0.172. The van der Waals surface area contributed by atoms with E-state index in [1.807, 2.05) is 68.2 Å². The SMILES string of the molecule is C#CCCC(=O)OCCN(CCOC(=O)CCC#C)c1ccc(/C=C/C2=CC(=C(C#N)C#N)C=C(C(C)(C)C)O2)cc1. The average Bonchev–Trinajstić information content (AvgIpc) is 2.97. The maximum absolute atomic E-state index is 11.9. The van der Waals surface area contributed by atoms with Gasteiger partial charge in [0, 0.05) is 29.5 Å². The Balaban J connectivity index is 2.17. The number of hydrogen-bond donors (Lipinski definition) is 0. The molecule has 1 aliphatic heterocycles. The van der Waals surface area contributed by atoms with Crippen LogP contribution in [0.2, 0.25) is 0 Å². The fourth-order valence-corrected chi connectivity index (χ4v) is 3.65. The van der Waals surface area contributed by atoms with Crippen molar-refractivity contribution in [3.63, 3.8) is 0 Å². The number of anilines is 1. The van der Waals surface area contributed by atoms with Gasteiger partial charge in [-0.3, -0.25) is 9.59 Å². The number of rotatable bonds is 13. The van der Waals surface area contributed by atoms with Crippen LogP contribution in [0.15, 0.2) is 65.2 Å². The zero-order chi connectivity index (χ0) is 31.0. The van der Waals surface area contributed by atoms with E-state index in [0.29, 0.717) is 43.0 Å². The van der Waals surface area contributed by atoms with E-state index in [9.17, 15) is 20.1 Å². The first-order valence-electron chi connectivity index (χ1n) is 13.5. The predicted molar refractivity (Wildman–Crippen MR) is 161 cm³/mol. The number of carbonyl (C=O) groups is 2. The summed E-state index contributed by atoms with van der Waals surface area (Å²) in [4.78, 5) is 25.7. The number of allylic oxidation sites excluding steroid dienone is 6. The summed E-state index contributed by atoms with van der Waals surface area (Å²) in [5.74, 6) is 5.24. The highest BCUT2D eigenvalue weighted by atomic mass is 16.5. The van der Waals surface area contributed by atoms with Crippen LogP contribution in [0.25, 0.3) is 6.08 Å². The van der Waals surface area contributed by atoms with E-state index in [0.717, 1.165) is 11.3 Å². The molecule has 0 saturated carbocycles. The number of esters is 2. The highest BCUT2D eigenvalue weighted by Crippen LogP contribution is 2.34. The van der Waals surface area contributed by atoms with Crippen LogP contribution in [0.3, 0.4) is 0 Å². The molecule has 0 aromatic heterocycles. The smallest absolute Gasteiger partial charge is 0.306 e. The fraction of sp³-hybridized carbons (Fsp3) is 0.353. The molecule has 1 aromatic rings. The molecule has 8 heteroatoms. The monoisotopic (exact) mass is 565 g/mol. The molecular weight excluding hydrogens is 530 g/mol. The lowest BCUT2D eigenvalue weighted by atomic mass is 9.90. The summed E-state index contributed by atoms with van der Waals surface area (Å²) in [5.41, 5.74) is 1.91. The van der Waals surface area contributed by atoms with E-state index in [2.05, 4.69) is 11.8 Å². The molecular formula is C34H35N3O5. The third kappa shape index (κ3) is 11.1. The Labute approximate surface area is 248 Å². The third-order valence-corrected chi connectivity index (χ3v) is 5.96. The molecule has 1 aliphatic rings. The molecule has 0 fully saturated rings. The number of hydrogen-bond acceptors (Lipinski definition) is 8.